The summed E-state index contributed by atoms with van der Waals surface area (Å²) in [6.45, 7) is 4.67. The Balaban J connectivity index is 2.81. The quantitative estimate of drug-likeness (QED) is 0.653. The molecule has 0 aliphatic heterocycles. The summed E-state index contributed by atoms with van der Waals surface area (Å²) < 4.78 is 5.03. The van der Waals surface area contributed by atoms with Crippen molar-refractivity contribution in [2.24, 2.45) is 0 Å². The number of carboxylic acid groups (broad SMARTS) is 1. The highest BCUT2D eigenvalue weighted by atomic mass is 16.6. The zero-order chi connectivity index (χ0) is 16.9. The second-order valence-corrected chi connectivity index (χ2v) is 5.86. The van der Waals surface area contributed by atoms with Crippen LogP contribution in [0.1, 0.15) is 31.9 Å². The van der Waals surface area contributed by atoms with Gasteiger partial charge in [0.15, 0.2) is 0 Å². The molecule has 7 heteroatoms. The van der Waals surface area contributed by atoms with Gasteiger partial charge in [-0.25, -0.2) is 9.59 Å². The van der Waals surface area contributed by atoms with Crippen molar-refractivity contribution >= 4 is 12.1 Å². The second kappa shape index (κ2) is 7.13. The molecule has 0 fully saturated rings. The molecule has 1 atom stereocenters. The van der Waals surface area contributed by atoms with E-state index >= 15 is 0 Å². The largest absolute Gasteiger partial charge is 0.508 e. The van der Waals surface area contributed by atoms with Crippen LogP contribution < -0.4 is 5.32 Å². The molecule has 0 heterocycles. The Bertz CT molecular complexity index is 549. The van der Waals surface area contributed by atoms with Crippen LogP contribution in [0.4, 0.5) is 4.79 Å². The molecule has 0 unspecified atom stereocenters. The molecule has 1 aromatic carbocycles. The lowest BCUT2D eigenvalue weighted by Crippen LogP contribution is -2.44. The minimum Gasteiger partial charge on any atom is -0.508 e. The molecule has 0 aliphatic carbocycles. The smallest absolute Gasteiger partial charge is 0.408 e. The van der Waals surface area contributed by atoms with Gasteiger partial charge in [-0.05, 0) is 38.5 Å². The van der Waals surface area contributed by atoms with Gasteiger partial charge in [0.25, 0.3) is 0 Å². The van der Waals surface area contributed by atoms with E-state index < -0.39 is 23.7 Å². The number of carboxylic acids is 1. The van der Waals surface area contributed by atoms with Crippen LogP contribution in [-0.4, -0.2) is 39.0 Å². The van der Waals surface area contributed by atoms with Crippen molar-refractivity contribution in [3.05, 3.63) is 29.3 Å². The third-order valence-corrected chi connectivity index (χ3v) is 2.74. The molecule has 4 N–H and O–H groups in total. The molecule has 0 radical (unpaired) electrons. The topological polar surface area (TPSA) is 116 Å². The number of nitrogens with one attached hydrogen (secondary N) is 1. The Morgan fingerprint density at radius 2 is 1.95 bits per heavy atom. The molecule has 7 nitrogen and oxygen atoms in total. The number of hydrogen-bond acceptors (Lipinski definition) is 5. The lowest BCUT2D eigenvalue weighted by molar-refractivity contribution is -0.139. The van der Waals surface area contributed by atoms with Crippen molar-refractivity contribution in [3.63, 3.8) is 0 Å². The number of hydrogen-bond donors (Lipinski definition) is 4. The van der Waals surface area contributed by atoms with Gasteiger partial charge in [0.2, 0.25) is 0 Å². The molecule has 1 aromatic rings. The minimum atomic E-state index is -1.20. The van der Waals surface area contributed by atoms with E-state index in [1.165, 1.54) is 18.2 Å². The van der Waals surface area contributed by atoms with Crippen molar-refractivity contribution in [3.8, 4) is 5.75 Å². The number of benzene rings is 1. The van der Waals surface area contributed by atoms with E-state index in [0.717, 1.165) is 0 Å². The molecule has 22 heavy (non-hydrogen) atoms. The lowest BCUT2D eigenvalue weighted by atomic mass is 10.0. The first-order valence-corrected chi connectivity index (χ1v) is 6.76. The number of aromatic hydroxyl groups is 1. The van der Waals surface area contributed by atoms with Gasteiger partial charge in [-0.3, -0.25) is 0 Å². The summed E-state index contributed by atoms with van der Waals surface area (Å²) in [5.41, 5.74) is 0.125. The molecule has 0 aromatic heterocycles. The first kappa shape index (κ1) is 17.8. The molecule has 0 aliphatic rings. The highest BCUT2D eigenvalue weighted by molar-refractivity contribution is 5.80. The predicted octanol–water partition coefficient (Wildman–Crippen LogP) is 1.40. The fourth-order valence-corrected chi connectivity index (χ4v) is 1.78. The summed E-state index contributed by atoms with van der Waals surface area (Å²) in [5, 5.41) is 30.1. The molecule has 1 rings (SSSR count). The van der Waals surface area contributed by atoms with Crippen molar-refractivity contribution in [2.45, 2.75) is 45.4 Å². The van der Waals surface area contributed by atoms with Crippen LogP contribution in [0.25, 0.3) is 0 Å². The SMILES string of the molecule is CC(C)(C)OC(=O)N[C@@H](Cc1ccc(O)c(CO)c1)C(=O)O. The number of carbonyl (C=O) groups excluding carboxylic acids is 1. The Morgan fingerprint density at radius 3 is 2.45 bits per heavy atom. The molecular weight excluding hydrogens is 290 g/mol. The molecule has 0 saturated carbocycles. The number of alkyl carbamates (subject to hydrolysis) is 1. The van der Waals surface area contributed by atoms with Crippen LogP contribution in [0.3, 0.4) is 0 Å². The normalized spacial score (nSPS) is 12.5. The standard InChI is InChI=1S/C15H21NO6/c1-15(2,3)22-14(21)16-11(13(19)20)7-9-4-5-12(18)10(6-9)8-17/h4-6,11,17-18H,7-8H2,1-3H3,(H,16,21)(H,19,20)/t11-/m0/s1. The van der Waals surface area contributed by atoms with Crippen LogP contribution in [-0.2, 0) is 22.6 Å². The predicted molar refractivity (Wildman–Crippen MR) is 78.5 cm³/mol. The number of phenols is 1. The zero-order valence-corrected chi connectivity index (χ0v) is 12.8. The number of aliphatic hydroxyl groups excluding tert-OH is 1. The maximum absolute atomic E-state index is 11.7. The van der Waals surface area contributed by atoms with Gasteiger partial charge in [0, 0.05) is 12.0 Å². The summed E-state index contributed by atoms with van der Waals surface area (Å²) >= 11 is 0. The summed E-state index contributed by atoms with van der Waals surface area (Å²) in [6, 6.07) is 3.21. The minimum absolute atomic E-state index is 0.00184. The van der Waals surface area contributed by atoms with Crippen LogP contribution in [0.5, 0.6) is 5.75 Å². The Labute approximate surface area is 128 Å². The van der Waals surface area contributed by atoms with E-state index in [0.29, 0.717) is 11.1 Å². The molecule has 0 bridgehead atoms. The van der Waals surface area contributed by atoms with Gasteiger partial charge in [-0.2, -0.15) is 0 Å². The van der Waals surface area contributed by atoms with Gasteiger partial charge in [-0.1, -0.05) is 6.07 Å². The average molecular weight is 311 g/mol. The van der Waals surface area contributed by atoms with E-state index in [1.807, 2.05) is 0 Å². The van der Waals surface area contributed by atoms with Crippen LogP contribution in [0, 0.1) is 0 Å². The van der Waals surface area contributed by atoms with E-state index in [9.17, 15) is 19.8 Å². The average Bonchev–Trinajstić information content (AvgIpc) is 2.37. The van der Waals surface area contributed by atoms with Crippen LogP contribution in [0.2, 0.25) is 0 Å². The van der Waals surface area contributed by atoms with Gasteiger partial charge in [0.05, 0.1) is 6.61 Å². The van der Waals surface area contributed by atoms with E-state index in [2.05, 4.69) is 5.32 Å². The first-order valence-electron chi connectivity index (χ1n) is 6.76. The van der Waals surface area contributed by atoms with Gasteiger partial charge >= 0.3 is 12.1 Å². The van der Waals surface area contributed by atoms with Crippen LogP contribution >= 0.6 is 0 Å². The number of aliphatic hydroxyl groups is 1. The third kappa shape index (κ3) is 5.61. The molecule has 0 saturated heterocycles. The monoisotopic (exact) mass is 311 g/mol. The lowest BCUT2D eigenvalue weighted by Gasteiger charge is -2.22. The maximum atomic E-state index is 11.7. The maximum Gasteiger partial charge on any atom is 0.408 e. The summed E-state index contributed by atoms with van der Waals surface area (Å²) in [7, 11) is 0. The molecule has 0 spiro atoms. The Morgan fingerprint density at radius 1 is 1.32 bits per heavy atom. The Kier molecular flexibility index (Phi) is 5.76. The number of aliphatic carboxylic acids is 1. The zero-order valence-electron chi connectivity index (χ0n) is 12.8. The fourth-order valence-electron chi connectivity index (χ4n) is 1.78. The van der Waals surface area contributed by atoms with Crippen molar-refractivity contribution in [2.75, 3.05) is 0 Å². The summed E-state index contributed by atoms with van der Waals surface area (Å²) in [6.07, 6.45) is -0.817. The third-order valence-electron chi connectivity index (χ3n) is 2.74. The summed E-state index contributed by atoms with van der Waals surface area (Å²) in [5.74, 6) is -1.28. The van der Waals surface area contributed by atoms with Crippen molar-refractivity contribution in [1.29, 1.82) is 0 Å². The van der Waals surface area contributed by atoms with Crippen LogP contribution in [0.15, 0.2) is 18.2 Å². The number of carbonyl (C=O) groups is 2. The van der Waals surface area contributed by atoms with E-state index in [4.69, 9.17) is 9.84 Å². The number of ether oxygens (including phenoxy) is 1. The van der Waals surface area contributed by atoms with Crippen molar-refractivity contribution < 1.29 is 29.6 Å². The van der Waals surface area contributed by atoms with Gasteiger partial charge in [0.1, 0.15) is 17.4 Å². The molecular formula is C15H21NO6. The van der Waals surface area contributed by atoms with E-state index in [-0.39, 0.29) is 18.8 Å². The summed E-state index contributed by atoms with van der Waals surface area (Å²) in [4.78, 5) is 22.9. The molecule has 1 amide bonds. The van der Waals surface area contributed by atoms with Crippen molar-refractivity contribution in [1.82, 2.24) is 5.32 Å². The fraction of sp³-hybridized carbons (Fsp3) is 0.467. The Hall–Kier alpha value is -2.28. The number of amides is 1. The molecule has 122 valence electrons. The van der Waals surface area contributed by atoms with Gasteiger partial charge in [-0.15, -0.1) is 0 Å². The number of rotatable bonds is 5. The first-order chi connectivity index (χ1) is 10.1. The second-order valence-electron chi connectivity index (χ2n) is 5.86. The van der Waals surface area contributed by atoms with E-state index in [1.54, 1.807) is 20.8 Å². The highest BCUT2D eigenvalue weighted by Crippen LogP contribution is 2.19. The highest BCUT2D eigenvalue weighted by Gasteiger charge is 2.24. The van der Waals surface area contributed by atoms with Gasteiger partial charge < -0.3 is 25.4 Å².